The molecule has 0 atom stereocenters. The van der Waals surface area contributed by atoms with Gasteiger partial charge in [-0.2, -0.15) is 0 Å². The third kappa shape index (κ3) is 4.68. The average Bonchev–Trinajstić information content (AvgIpc) is 3.23. The van der Waals surface area contributed by atoms with E-state index in [1.54, 1.807) is 30.6 Å². The number of H-pyrrole nitrogens is 1. The smallest absolute Gasteiger partial charge is 0.337 e. The molecule has 0 saturated heterocycles. The second-order valence-electron chi connectivity index (χ2n) is 8.13. The molecule has 0 unspecified atom stereocenters. The second-order valence-corrected chi connectivity index (χ2v) is 8.13. The maximum Gasteiger partial charge on any atom is 0.337 e. The highest BCUT2D eigenvalue weighted by Crippen LogP contribution is 2.32. The van der Waals surface area contributed by atoms with Crippen molar-refractivity contribution in [2.24, 2.45) is 4.99 Å². The van der Waals surface area contributed by atoms with Crippen LogP contribution in [0.2, 0.25) is 0 Å². The predicted octanol–water partition coefficient (Wildman–Crippen LogP) is 5.82. The van der Waals surface area contributed by atoms with E-state index in [-0.39, 0.29) is 5.88 Å². The van der Waals surface area contributed by atoms with Gasteiger partial charge in [0.25, 0.3) is 0 Å². The number of aromatic hydroxyl groups is 1. The number of aromatic amines is 1. The van der Waals surface area contributed by atoms with Crippen molar-refractivity contribution in [1.29, 1.82) is 0 Å². The molecule has 172 valence electrons. The molecule has 0 aliphatic carbocycles. The van der Waals surface area contributed by atoms with Gasteiger partial charge >= 0.3 is 5.97 Å². The number of fused-ring (bicyclic) bond motifs is 1. The summed E-state index contributed by atoms with van der Waals surface area (Å²) in [5.74, 6) is -0.453. The quantitative estimate of drug-likeness (QED) is 0.247. The zero-order chi connectivity index (χ0) is 24.2. The summed E-state index contributed by atoms with van der Waals surface area (Å²) in [5.41, 5.74) is 6.21. The Bertz CT molecular complexity index is 1510. The monoisotopic (exact) mass is 461 g/mol. The number of aromatic nitrogens is 2. The molecule has 0 aliphatic heterocycles. The molecule has 0 amide bonds. The lowest BCUT2D eigenvalue weighted by molar-refractivity contribution is 0.0601. The van der Waals surface area contributed by atoms with Gasteiger partial charge in [0.2, 0.25) is 0 Å². The highest BCUT2D eigenvalue weighted by atomic mass is 16.5. The summed E-state index contributed by atoms with van der Waals surface area (Å²) in [6.45, 7) is 0. The van der Waals surface area contributed by atoms with Gasteiger partial charge in [-0.1, -0.05) is 48.5 Å². The fourth-order valence-electron chi connectivity index (χ4n) is 4.08. The first-order valence-corrected chi connectivity index (χ1v) is 11.2. The predicted molar refractivity (Wildman–Crippen MR) is 137 cm³/mol. The van der Waals surface area contributed by atoms with Crippen molar-refractivity contribution in [3.63, 3.8) is 0 Å². The van der Waals surface area contributed by atoms with Crippen LogP contribution in [0.4, 0.5) is 5.69 Å². The fraction of sp³-hybridized carbons (Fsp3) is 0.0690. The lowest BCUT2D eigenvalue weighted by Gasteiger charge is -2.09. The highest BCUT2D eigenvalue weighted by molar-refractivity contribution is 6.22. The number of methoxy groups -OCH3 is 1. The van der Waals surface area contributed by atoms with Crippen molar-refractivity contribution in [1.82, 2.24) is 9.97 Å². The largest absolute Gasteiger partial charge is 0.494 e. The molecular weight excluding hydrogens is 438 g/mol. The Morgan fingerprint density at radius 1 is 0.914 bits per heavy atom. The van der Waals surface area contributed by atoms with Crippen LogP contribution < -0.4 is 0 Å². The van der Waals surface area contributed by atoms with Gasteiger partial charge in [-0.15, -0.1) is 0 Å². The second kappa shape index (κ2) is 9.65. The summed E-state index contributed by atoms with van der Waals surface area (Å²) >= 11 is 0. The molecule has 2 aromatic heterocycles. The van der Waals surface area contributed by atoms with Crippen molar-refractivity contribution in [3.8, 4) is 5.88 Å². The Kier molecular flexibility index (Phi) is 6.09. The molecule has 2 N–H and O–H groups in total. The third-order valence-corrected chi connectivity index (χ3v) is 5.82. The van der Waals surface area contributed by atoms with Crippen LogP contribution in [0.15, 0.2) is 102 Å². The zero-order valence-electron chi connectivity index (χ0n) is 19.1. The van der Waals surface area contributed by atoms with E-state index in [4.69, 9.17) is 9.73 Å². The Hall–Kier alpha value is -4.71. The summed E-state index contributed by atoms with van der Waals surface area (Å²) in [6.07, 6.45) is 4.40. The van der Waals surface area contributed by atoms with Gasteiger partial charge < -0.3 is 14.8 Å². The first kappa shape index (κ1) is 22.1. The van der Waals surface area contributed by atoms with Crippen molar-refractivity contribution >= 4 is 28.3 Å². The first-order valence-electron chi connectivity index (χ1n) is 11.2. The third-order valence-electron chi connectivity index (χ3n) is 5.82. The lowest BCUT2D eigenvalue weighted by atomic mass is 10.00. The number of esters is 1. The van der Waals surface area contributed by atoms with E-state index in [9.17, 15) is 9.90 Å². The van der Waals surface area contributed by atoms with Crippen LogP contribution in [0.3, 0.4) is 0 Å². The number of nitrogens with one attached hydrogen (secondary N) is 1. The maximum atomic E-state index is 12.0. The number of rotatable bonds is 6. The van der Waals surface area contributed by atoms with E-state index in [1.165, 1.54) is 18.2 Å². The van der Waals surface area contributed by atoms with Crippen LogP contribution >= 0.6 is 0 Å². The summed E-state index contributed by atoms with van der Waals surface area (Å²) in [5, 5.41) is 11.6. The molecule has 0 radical (unpaired) electrons. The van der Waals surface area contributed by atoms with Crippen LogP contribution in [0.1, 0.15) is 32.6 Å². The Labute approximate surface area is 202 Å². The zero-order valence-corrected chi connectivity index (χ0v) is 19.1. The minimum atomic E-state index is -0.439. The SMILES string of the molecule is COC(=O)c1ccc2c(C(=Nc3ccc(Cc4ccncc4)cc3)c3ccccc3)c(O)[nH]c2c1. The van der Waals surface area contributed by atoms with Crippen molar-refractivity contribution in [3.05, 3.63) is 125 Å². The Morgan fingerprint density at radius 3 is 2.34 bits per heavy atom. The summed E-state index contributed by atoms with van der Waals surface area (Å²) in [4.78, 5) is 24.0. The van der Waals surface area contributed by atoms with E-state index < -0.39 is 5.97 Å². The van der Waals surface area contributed by atoms with E-state index >= 15 is 0 Å². The van der Waals surface area contributed by atoms with Crippen LogP contribution in [0.25, 0.3) is 10.9 Å². The van der Waals surface area contributed by atoms with Gasteiger partial charge in [0.05, 0.1) is 29.6 Å². The minimum Gasteiger partial charge on any atom is -0.494 e. The van der Waals surface area contributed by atoms with Gasteiger partial charge in [0, 0.05) is 28.9 Å². The summed E-state index contributed by atoms with van der Waals surface area (Å²) in [7, 11) is 1.34. The molecule has 0 spiro atoms. The van der Waals surface area contributed by atoms with Crippen molar-refractivity contribution < 1.29 is 14.6 Å². The van der Waals surface area contributed by atoms with Gasteiger partial charge in [0.15, 0.2) is 5.88 Å². The number of carbonyl (C=O) groups is 1. The molecule has 3 aromatic carbocycles. The molecule has 6 heteroatoms. The van der Waals surface area contributed by atoms with Gasteiger partial charge in [0.1, 0.15) is 0 Å². The number of nitrogens with zero attached hydrogens (tertiary/aromatic N) is 2. The van der Waals surface area contributed by atoms with E-state index in [0.29, 0.717) is 22.4 Å². The van der Waals surface area contributed by atoms with Crippen LogP contribution in [-0.2, 0) is 11.2 Å². The molecular formula is C29H23N3O3. The van der Waals surface area contributed by atoms with Crippen LogP contribution in [0.5, 0.6) is 5.88 Å². The Balaban J connectivity index is 1.57. The Morgan fingerprint density at radius 2 is 1.63 bits per heavy atom. The highest BCUT2D eigenvalue weighted by Gasteiger charge is 2.20. The number of aliphatic imine (C=N–C) groups is 1. The topological polar surface area (TPSA) is 87.6 Å². The molecule has 0 aliphatic rings. The number of carbonyl (C=O) groups excluding carboxylic acids is 1. The minimum absolute atomic E-state index is 0.0149. The molecule has 0 bridgehead atoms. The average molecular weight is 462 g/mol. The van der Waals surface area contributed by atoms with E-state index in [0.717, 1.165) is 23.1 Å². The number of ether oxygens (including phenoxy) is 1. The molecule has 6 nitrogen and oxygen atoms in total. The summed E-state index contributed by atoms with van der Waals surface area (Å²) in [6, 6.07) is 26.9. The van der Waals surface area contributed by atoms with Crippen LogP contribution in [-0.4, -0.2) is 33.9 Å². The van der Waals surface area contributed by atoms with Gasteiger partial charge in [-0.25, -0.2) is 9.79 Å². The normalized spacial score (nSPS) is 11.5. The molecule has 0 fully saturated rings. The number of hydrogen-bond donors (Lipinski definition) is 2. The fourth-order valence-corrected chi connectivity index (χ4v) is 4.08. The van der Waals surface area contributed by atoms with Gasteiger partial charge in [-0.3, -0.25) is 4.98 Å². The number of benzene rings is 3. The molecule has 0 saturated carbocycles. The standard InChI is InChI=1S/C29H23N3O3/c1-35-29(34)22-9-12-24-25(18-22)32-28(33)26(24)27(21-5-3-2-4-6-21)31-23-10-7-19(8-11-23)17-20-13-15-30-16-14-20/h2-16,18,32-33H,17H2,1H3. The summed E-state index contributed by atoms with van der Waals surface area (Å²) < 4.78 is 4.82. The van der Waals surface area contributed by atoms with Crippen molar-refractivity contribution in [2.45, 2.75) is 6.42 Å². The number of pyridine rings is 1. The molecule has 35 heavy (non-hydrogen) atoms. The molecule has 5 aromatic rings. The van der Waals surface area contributed by atoms with Gasteiger partial charge in [-0.05, 0) is 53.9 Å². The lowest BCUT2D eigenvalue weighted by Crippen LogP contribution is -2.03. The van der Waals surface area contributed by atoms with E-state index in [1.807, 2.05) is 54.6 Å². The number of hydrogen-bond acceptors (Lipinski definition) is 5. The van der Waals surface area contributed by atoms with Crippen LogP contribution in [0, 0.1) is 0 Å². The molecule has 2 heterocycles. The van der Waals surface area contributed by atoms with Crippen molar-refractivity contribution in [2.75, 3.05) is 7.11 Å². The first-order chi connectivity index (χ1) is 17.1. The van der Waals surface area contributed by atoms with E-state index in [2.05, 4.69) is 22.1 Å². The maximum absolute atomic E-state index is 12.0. The molecule has 5 rings (SSSR count).